The SMILES string of the molecule is CC(O)C1CCCN(C(=O)CCc2ccsc2)C1. The molecule has 0 aliphatic carbocycles. The smallest absolute Gasteiger partial charge is 0.222 e. The van der Waals surface area contributed by atoms with Gasteiger partial charge in [0.25, 0.3) is 0 Å². The van der Waals surface area contributed by atoms with Gasteiger partial charge in [-0.15, -0.1) is 0 Å². The van der Waals surface area contributed by atoms with Crippen LogP contribution in [0, 0.1) is 5.92 Å². The highest BCUT2D eigenvalue weighted by molar-refractivity contribution is 7.07. The number of carbonyl (C=O) groups excluding carboxylic acids is 1. The van der Waals surface area contributed by atoms with Gasteiger partial charge in [0.1, 0.15) is 0 Å². The lowest BCUT2D eigenvalue weighted by Gasteiger charge is -2.34. The van der Waals surface area contributed by atoms with Gasteiger partial charge in [-0.05, 0) is 48.6 Å². The summed E-state index contributed by atoms with van der Waals surface area (Å²) >= 11 is 1.67. The molecule has 1 fully saturated rings. The number of thiophene rings is 1. The third-order valence-corrected chi connectivity index (χ3v) is 4.43. The summed E-state index contributed by atoms with van der Waals surface area (Å²) in [4.78, 5) is 14.0. The number of aryl methyl sites for hydroxylation is 1. The fourth-order valence-electron chi connectivity index (χ4n) is 2.47. The van der Waals surface area contributed by atoms with Gasteiger partial charge in [0.05, 0.1) is 6.10 Å². The summed E-state index contributed by atoms with van der Waals surface area (Å²) in [6.45, 7) is 3.40. The van der Waals surface area contributed by atoms with E-state index in [0.717, 1.165) is 32.4 Å². The molecule has 3 nitrogen and oxygen atoms in total. The van der Waals surface area contributed by atoms with Crippen LogP contribution < -0.4 is 0 Å². The van der Waals surface area contributed by atoms with Gasteiger partial charge < -0.3 is 10.0 Å². The highest BCUT2D eigenvalue weighted by Gasteiger charge is 2.25. The topological polar surface area (TPSA) is 40.5 Å². The molecular weight excluding hydrogens is 246 g/mol. The van der Waals surface area contributed by atoms with E-state index in [2.05, 4.69) is 11.4 Å². The van der Waals surface area contributed by atoms with Crippen molar-refractivity contribution in [2.75, 3.05) is 13.1 Å². The molecule has 2 unspecified atom stereocenters. The van der Waals surface area contributed by atoms with Crippen molar-refractivity contribution in [3.63, 3.8) is 0 Å². The van der Waals surface area contributed by atoms with Crippen LogP contribution in [0.3, 0.4) is 0 Å². The number of hydrogen-bond acceptors (Lipinski definition) is 3. The van der Waals surface area contributed by atoms with Gasteiger partial charge in [0.2, 0.25) is 5.91 Å². The average Bonchev–Trinajstić information content (AvgIpc) is 2.89. The molecule has 0 bridgehead atoms. The monoisotopic (exact) mass is 267 g/mol. The number of aliphatic hydroxyl groups excluding tert-OH is 1. The fraction of sp³-hybridized carbons (Fsp3) is 0.643. The molecule has 2 heterocycles. The third kappa shape index (κ3) is 3.56. The van der Waals surface area contributed by atoms with Crippen LogP contribution in [-0.2, 0) is 11.2 Å². The average molecular weight is 267 g/mol. The van der Waals surface area contributed by atoms with E-state index in [0.29, 0.717) is 6.42 Å². The predicted octanol–water partition coefficient (Wildman–Crippen LogP) is 2.30. The standard InChI is InChI=1S/C14H21NO2S/c1-11(16)13-3-2-7-15(9-13)14(17)5-4-12-6-8-18-10-12/h6,8,10-11,13,16H,2-5,7,9H2,1H3. The van der Waals surface area contributed by atoms with E-state index >= 15 is 0 Å². The van der Waals surface area contributed by atoms with Crippen molar-refractivity contribution < 1.29 is 9.90 Å². The van der Waals surface area contributed by atoms with E-state index in [1.807, 2.05) is 17.2 Å². The summed E-state index contributed by atoms with van der Waals surface area (Å²) in [6, 6.07) is 2.08. The van der Waals surface area contributed by atoms with Crippen molar-refractivity contribution in [1.29, 1.82) is 0 Å². The number of likely N-dealkylation sites (tertiary alicyclic amines) is 1. The highest BCUT2D eigenvalue weighted by atomic mass is 32.1. The lowest BCUT2D eigenvalue weighted by atomic mass is 9.93. The van der Waals surface area contributed by atoms with Crippen molar-refractivity contribution in [3.8, 4) is 0 Å². The van der Waals surface area contributed by atoms with E-state index in [1.165, 1.54) is 5.56 Å². The number of rotatable bonds is 4. The molecule has 0 radical (unpaired) electrons. The lowest BCUT2D eigenvalue weighted by Crippen LogP contribution is -2.43. The van der Waals surface area contributed by atoms with Gasteiger partial charge in [-0.25, -0.2) is 0 Å². The summed E-state index contributed by atoms with van der Waals surface area (Å²) in [5.41, 5.74) is 1.25. The minimum absolute atomic E-state index is 0.228. The first-order valence-electron chi connectivity index (χ1n) is 6.63. The number of amides is 1. The molecule has 4 heteroatoms. The molecule has 1 amide bonds. The normalized spacial score (nSPS) is 21.9. The molecule has 1 aromatic heterocycles. The van der Waals surface area contributed by atoms with Gasteiger partial charge in [0, 0.05) is 25.4 Å². The molecule has 1 saturated heterocycles. The first-order chi connectivity index (χ1) is 8.66. The van der Waals surface area contributed by atoms with Crippen LogP contribution in [0.1, 0.15) is 31.7 Å². The van der Waals surface area contributed by atoms with Crippen molar-refractivity contribution >= 4 is 17.2 Å². The van der Waals surface area contributed by atoms with Crippen LogP contribution in [0.2, 0.25) is 0 Å². The van der Waals surface area contributed by atoms with Crippen LogP contribution in [0.25, 0.3) is 0 Å². The van der Waals surface area contributed by atoms with Gasteiger partial charge in [-0.2, -0.15) is 11.3 Å². The quantitative estimate of drug-likeness (QED) is 0.909. The Morgan fingerprint density at radius 1 is 1.67 bits per heavy atom. The summed E-state index contributed by atoms with van der Waals surface area (Å²) in [7, 11) is 0. The predicted molar refractivity (Wildman–Crippen MR) is 73.6 cm³/mol. The van der Waals surface area contributed by atoms with E-state index in [-0.39, 0.29) is 17.9 Å². The molecule has 1 aromatic rings. The Morgan fingerprint density at radius 2 is 2.50 bits per heavy atom. The largest absolute Gasteiger partial charge is 0.393 e. The molecule has 2 rings (SSSR count). The molecule has 1 aliphatic heterocycles. The maximum Gasteiger partial charge on any atom is 0.222 e. The summed E-state index contributed by atoms with van der Waals surface area (Å²) in [6.07, 6.45) is 3.16. The van der Waals surface area contributed by atoms with Crippen molar-refractivity contribution in [2.24, 2.45) is 5.92 Å². The zero-order chi connectivity index (χ0) is 13.0. The molecule has 100 valence electrons. The van der Waals surface area contributed by atoms with Crippen molar-refractivity contribution in [3.05, 3.63) is 22.4 Å². The molecule has 0 saturated carbocycles. The molecule has 1 aliphatic rings. The molecule has 0 spiro atoms. The van der Waals surface area contributed by atoms with E-state index in [4.69, 9.17) is 0 Å². The number of nitrogens with zero attached hydrogens (tertiary/aromatic N) is 1. The number of aliphatic hydroxyl groups is 1. The molecule has 18 heavy (non-hydrogen) atoms. The molecular formula is C14H21NO2S. The van der Waals surface area contributed by atoms with Crippen LogP contribution in [0.15, 0.2) is 16.8 Å². The first-order valence-corrected chi connectivity index (χ1v) is 7.58. The minimum Gasteiger partial charge on any atom is -0.393 e. The second-order valence-corrected chi connectivity index (χ2v) is 5.89. The van der Waals surface area contributed by atoms with E-state index < -0.39 is 0 Å². The summed E-state index contributed by atoms with van der Waals surface area (Å²) in [5, 5.41) is 13.8. The second kappa shape index (κ2) is 6.34. The van der Waals surface area contributed by atoms with E-state index in [1.54, 1.807) is 11.3 Å². The summed E-state index contributed by atoms with van der Waals surface area (Å²) in [5.74, 6) is 0.482. The fourth-order valence-corrected chi connectivity index (χ4v) is 3.18. The lowest BCUT2D eigenvalue weighted by molar-refractivity contribution is -0.133. The van der Waals surface area contributed by atoms with Gasteiger partial charge in [0.15, 0.2) is 0 Å². The number of carbonyl (C=O) groups is 1. The van der Waals surface area contributed by atoms with Gasteiger partial charge >= 0.3 is 0 Å². The van der Waals surface area contributed by atoms with Crippen LogP contribution >= 0.6 is 11.3 Å². The third-order valence-electron chi connectivity index (χ3n) is 3.70. The van der Waals surface area contributed by atoms with Crippen LogP contribution in [-0.4, -0.2) is 35.1 Å². The molecule has 1 N–H and O–H groups in total. The maximum absolute atomic E-state index is 12.1. The number of piperidine rings is 1. The Labute approximate surface area is 112 Å². The van der Waals surface area contributed by atoms with Gasteiger partial charge in [-0.3, -0.25) is 4.79 Å². The summed E-state index contributed by atoms with van der Waals surface area (Å²) < 4.78 is 0. The van der Waals surface area contributed by atoms with Gasteiger partial charge in [-0.1, -0.05) is 0 Å². The van der Waals surface area contributed by atoms with Crippen molar-refractivity contribution in [1.82, 2.24) is 4.90 Å². The zero-order valence-electron chi connectivity index (χ0n) is 10.8. The maximum atomic E-state index is 12.1. The minimum atomic E-state index is -0.308. The zero-order valence-corrected chi connectivity index (χ0v) is 11.7. The number of hydrogen-bond donors (Lipinski definition) is 1. The highest BCUT2D eigenvalue weighted by Crippen LogP contribution is 2.20. The Morgan fingerprint density at radius 3 is 3.17 bits per heavy atom. The van der Waals surface area contributed by atoms with Crippen LogP contribution in [0.4, 0.5) is 0 Å². The Hall–Kier alpha value is -0.870. The van der Waals surface area contributed by atoms with Crippen LogP contribution in [0.5, 0.6) is 0 Å². The van der Waals surface area contributed by atoms with E-state index in [9.17, 15) is 9.90 Å². The first kappa shape index (κ1) is 13.6. The molecule has 0 aromatic carbocycles. The second-order valence-electron chi connectivity index (χ2n) is 5.11. The Balaban J connectivity index is 1.81. The Kier molecular flexibility index (Phi) is 4.78. The molecule has 2 atom stereocenters. The Bertz CT molecular complexity index is 375. The van der Waals surface area contributed by atoms with Crippen molar-refractivity contribution in [2.45, 2.75) is 38.7 Å².